The Morgan fingerprint density at radius 3 is 2.62 bits per heavy atom. The Bertz CT molecular complexity index is 526. The zero-order chi connectivity index (χ0) is 15.4. The monoisotopic (exact) mass is 289 g/mol. The molecule has 3 amide bonds. The first-order valence-corrected chi connectivity index (χ1v) is 7.33. The van der Waals surface area contributed by atoms with Gasteiger partial charge in [-0.05, 0) is 44.9 Å². The number of carbonyl (C=O) groups is 2. The summed E-state index contributed by atoms with van der Waals surface area (Å²) >= 11 is 0. The number of nitrogens with zero attached hydrogens (tertiary/aromatic N) is 1. The summed E-state index contributed by atoms with van der Waals surface area (Å²) < 4.78 is 0. The van der Waals surface area contributed by atoms with Gasteiger partial charge in [0, 0.05) is 12.6 Å². The van der Waals surface area contributed by atoms with Gasteiger partial charge in [0.1, 0.15) is 0 Å². The Kier molecular flexibility index (Phi) is 4.96. The highest BCUT2D eigenvalue weighted by molar-refractivity contribution is 5.96. The third kappa shape index (κ3) is 4.56. The van der Waals surface area contributed by atoms with Crippen LogP contribution in [0.15, 0.2) is 24.3 Å². The molecule has 5 nitrogen and oxygen atoms in total. The molecule has 0 saturated heterocycles. The molecule has 0 aliphatic heterocycles. The number of benzene rings is 1. The maximum absolute atomic E-state index is 12.1. The van der Waals surface area contributed by atoms with E-state index in [2.05, 4.69) is 29.7 Å². The number of carbonyl (C=O) groups excluding carboxylic acids is 2. The number of hydrogen-bond donors (Lipinski definition) is 2. The predicted molar refractivity (Wildman–Crippen MR) is 81.8 cm³/mol. The summed E-state index contributed by atoms with van der Waals surface area (Å²) in [6.07, 6.45) is 2.01. The van der Waals surface area contributed by atoms with Crippen LogP contribution in [0.5, 0.6) is 0 Å². The minimum Gasteiger partial charge on any atom is -0.335 e. The van der Waals surface area contributed by atoms with Crippen LogP contribution in [0, 0.1) is 6.92 Å². The fraction of sp³-hybridized carbons (Fsp3) is 0.500. The number of imide groups is 1. The van der Waals surface area contributed by atoms with E-state index < -0.39 is 6.03 Å². The summed E-state index contributed by atoms with van der Waals surface area (Å²) in [4.78, 5) is 25.6. The van der Waals surface area contributed by atoms with Crippen LogP contribution in [0.4, 0.5) is 4.79 Å². The van der Waals surface area contributed by atoms with E-state index in [1.54, 1.807) is 6.92 Å². The van der Waals surface area contributed by atoms with Crippen molar-refractivity contribution >= 4 is 11.9 Å². The molecular formula is C16H23N3O2. The molecule has 1 atom stereocenters. The van der Waals surface area contributed by atoms with E-state index in [4.69, 9.17) is 0 Å². The average molecular weight is 289 g/mol. The Balaban J connectivity index is 1.85. The van der Waals surface area contributed by atoms with Gasteiger partial charge in [0.25, 0.3) is 0 Å². The molecule has 1 aliphatic rings. The first kappa shape index (κ1) is 15.5. The topological polar surface area (TPSA) is 61.4 Å². The van der Waals surface area contributed by atoms with Gasteiger partial charge in [0.15, 0.2) is 0 Å². The molecule has 5 heteroatoms. The molecule has 0 heterocycles. The van der Waals surface area contributed by atoms with Crippen molar-refractivity contribution in [3.8, 4) is 0 Å². The summed E-state index contributed by atoms with van der Waals surface area (Å²) in [5.74, 6) is -0.274. The van der Waals surface area contributed by atoms with Gasteiger partial charge in [-0.15, -0.1) is 0 Å². The van der Waals surface area contributed by atoms with Gasteiger partial charge >= 0.3 is 6.03 Å². The highest BCUT2D eigenvalue weighted by Crippen LogP contribution is 2.18. The molecule has 1 aromatic carbocycles. The molecule has 1 fully saturated rings. The van der Waals surface area contributed by atoms with Crippen LogP contribution in [0.3, 0.4) is 0 Å². The number of rotatable bonds is 5. The van der Waals surface area contributed by atoms with Crippen molar-refractivity contribution in [2.24, 2.45) is 0 Å². The number of nitrogens with one attached hydrogen (secondary N) is 2. The standard InChI is InChI=1S/C16H23N3O2/c1-11-6-4-5-7-13(11)10-19(3)12(2)15(20)18-16(21)17-14-8-9-14/h4-7,12,14H,8-10H2,1-3H3,(H2,17,18,20,21). The van der Waals surface area contributed by atoms with Gasteiger partial charge in [-0.2, -0.15) is 0 Å². The Hall–Kier alpha value is -1.88. The number of amides is 3. The van der Waals surface area contributed by atoms with Crippen molar-refractivity contribution in [1.29, 1.82) is 0 Å². The van der Waals surface area contributed by atoms with Gasteiger partial charge in [0.05, 0.1) is 6.04 Å². The highest BCUT2D eigenvalue weighted by Gasteiger charge is 2.26. The van der Waals surface area contributed by atoms with Crippen LogP contribution in [-0.4, -0.2) is 36.0 Å². The van der Waals surface area contributed by atoms with Gasteiger partial charge in [-0.25, -0.2) is 4.79 Å². The van der Waals surface area contributed by atoms with Crippen LogP contribution >= 0.6 is 0 Å². The normalized spacial score (nSPS) is 15.6. The first-order valence-electron chi connectivity index (χ1n) is 7.33. The summed E-state index contributed by atoms with van der Waals surface area (Å²) in [6, 6.07) is 7.58. The Morgan fingerprint density at radius 1 is 1.33 bits per heavy atom. The molecule has 0 bridgehead atoms. The van der Waals surface area contributed by atoms with Crippen molar-refractivity contribution in [3.05, 3.63) is 35.4 Å². The van der Waals surface area contributed by atoms with Gasteiger partial charge < -0.3 is 5.32 Å². The lowest BCUT2D eigenvalue weighted by atomic mass is 10.1. The third-order valence-corrected chi connectivity index (χ3v) is 3.87. The second-order valence-corrected chi connectivity index (χ2v) is 5.75. The Morgan fingerprint density at radius 2 is 2.00 bits per heavy atom. The minimum atomic E-state index is -0.390. The Labute approximate surface area is 125 Å². The fourth-order valence-corrected chi connectivity index (χ4v) is 2.06. The van der Waals surface area contributed by atoms with Crippen molar-refractivity contribution in [2.45, 2.75) is 45.3 Å². The van der Waals surface area contributed by atoms with Crippen LogP contribution in [-0.2, 0) is 11.3 Å². The maximum Gasteiger partial charge on any atom is 0.321 e. The molecule has 2 rings (SSSR count). The molecule has 21 heavy (non-hydrogen) atoms. The molecule has 0 spiro atoms. The van der Waals surface area contributed by atoms with Crippen LogP contribution in [0.2, 0.25) is 0 Å². The average Bonchev–Trinajstić information content (AvgIpc) is 3.24. The summed E-state index contributed by atoms with van der Waals surface area (Å²) in [5, 5.41) is 5.15. The number of likely N-dealkylation sites (N-methyl/N-ethyl adjacent to an activating group) is 1. The van der Waals surface area contributed by atoms with E-state index in [0.29, 0.717) is 6.54 Å². The highest BCUT2D eigenvalue weighted by atomic mass is 16.2. The zero-order valence-electron chi connectivity index (χ0n) is 12.8. The summed E-state index contributed by atoms with van der Waals surface area (Å²) in [5.41, 5.74) is 2.38. The van der Waals surface area contributed by atoms with Crippen molar-refractivity contribution in [1.82, 2.24) is 15.5 Å². The predicted octanol–water partition coefficient (Wildman–Crippen LogP) is 1.80. The van der Waals surface area contributed by atoms with Crippen LogP contribution < -0.4 is 10.6 Å². The van der Waals surface area contributed by atoms with Crippen molar-refractivity contribution in [2.75, 3.05) is 7.05 Å². The van der Waals surface area contributed by atoms with Crippen LogP contribution in [0.1, 0.15) is 30.9 Å². The molecule has 114 valence electrons. The maximum atomic E-state index is 12.1. The van der Waals surface area contributed by atoms with E-state index >= 15 is 0 Å². The van der Waals surface area contributed by atoms with E-state index in [1.165, 1.54) is 11.1 Å². The van der Waals surface area contributed by atoms with Gasteiger partial charge in [-0.3, -0.25) is 15.0 Å². The lowest BCUT2D eigenvalue weighted by Crippen LogP contribution is -2.48. The second-order valence-electron chi connectivity index (χ2n) is 5.75. The quantitative estimate of drug-likeness (QED) is 0.869. The fourth-order valence-electron chi connectivity index (χ4n) is 2.06. The van der Waals surface area contributed by atoms with Gasteiger partial charge in [0.2, 0.25) is 5.91 Å². The molecule has 1 unspecified atom stereocenters. The number of aryl methyl sites for hydroxylation is 1. The molecule has 1 aromatic rings. The molecular weight excluding hydrogens is 266 g/mol. The zero-order valence-corrected chi connectivity index (χ0v) is 12.8. The largest absolute Gasteiger partial charge is 0.335 e. The smallest absolute Gasteiger partial charge is 0.321 e. The second kappa shape index (κ2) is 6.72. The lowest BCUT2D eigenvalue weighted by molar-refractivity contribution is -0.124. The van der Waals surface area contributed by atoms with Crippen LogP contribution in [0.25, 0.3) is 0 Å². The summed E-state index contributed by atoms with van der Waals surface area (Å²) in [7, 11) is 1.88. The van der Waals surface area contributed by atoms with Gasteiger partial charge in [-0.1, -0.05) is 24.3 Å². The molecule has 1 saturated carbocycles. The van der Waals surface area contributed by atoms with Crippen molar-refractivity contribution in [3.63, 3.8) is 0 Å². The third-order valence-electron chi connectivity index (χ3n) is 3.87. The SMILES string of the molecule is Cc1ccccc1CN(C)C(C)C(=O)NC(=O)NC1CC1. The lowest BCUT2D eigenvalue weighted by Gasteiger charge is -2.24. The first-order chi connectivity index (χ1) is 9.97. The molecule has 2 N–H and O–H groups in total. The van der Waals surface area contributed by atoms with E-state index in [9.17, 15) is 9.59 Å². The van der Waals surface area contributed by atoms with E-state index in [-0.39, 0.29) is 18.0 Å². The number of urea groups is 1. The molecule has 1 aliphatic carbocycles. The number of hydrogen-bond acceptors (Lipinski definition) is 3. The summed E-state index contributed by atoms with van der Waals surface area (Å²) in [6.45, 7) is 4.53. The van der Waals surface area contributed by atoms with E-state index in [0.717, 1.165) is 12.8 Å². The minimum absolute atomic E-state index is 0.248. The van der Waals surface area contributed by atoms with Crippen molar-refractivity contribution < 1.29 is 9.59 Å². The molecule has 0 aromatic heterocycles. The van der Waals surface area contributed by atoms with E-state index in [1.807, 2.05) is 24.1 Å². The molecule has 0 radical (unpaired) electrons.